The van der Waals surface area contributed by atoms with Crippen molar-refractivity contribution >= 4 is 0 Å². The molecule has 1 atom stereocenters. The zero-order chi connectivity index (χ0) is 14.2. The Labute approximate surface area is 104 Å². The van der Waals surface area contributed by atoms with Crippen molar-refractivity contribution < 1.29 is 27.1 Å². The van der Waals surface area contributed by atoms with Crippen molar-refractivity contribution in [3.8, 4) is 0 Å². The van der Waals surface area contributed by atoms with Crippen LogP contribution in [0.1, 0.15) is 58.3 Å². The minimum Gasteiger partial charge on any atom is -0.386 e. The average Bonchev–Trinajstić information content (AvgIpc) is 2.26. The van der Waals surface area contributed by atoms with Crippen molar-refractivity contribution in [2.45, 2.75) is 76.5 Å². The fourth-order valence-corrected chi connectivity index (χ4v) is 1.66. The largest absolute Gasteiger partial charge is 0.456 e. The van der Waals surface area contributed by atoms with Gasteiger partial charge in [0.05, 0.1) is 0 Å². The summed E-state index contributed by atoms with van der Waals surface area (Å²) in [6.45, 7) is 2.07. The molecule has 0 aromatic heterocycles. The van der Waals surface area contributed by atoms with E-state index >= 15 is 0 Å². The zero-order valence-corrected chi connectivity index (χ0v) is 10.6. The molecule has 0 amide bonds. The minimum atomic E-state index is -5.67. The van der Waals surface area contributed by atoms with Gasteiger partial charge < -0.3 is 5.11 Å². The normalized spacial score (nSPS) is 14.8. The lowest BCUT2D eigenvalue weighted by atomic mass is 10.0. The third-order valence-electron chi connectivity index (χ3n) is 2.88. The summed E-state index contributed by atoms with van der Waals surface area (Å²) in [7, 11) is 0. The minimum absolute atomic E-state index is 0.193. The summed E-state index contributed by atoms with van der Waals surface area (Å²) in [4.78, 5) is 0. The monoisotopic (exact) mass is 276 g/mol. The number of aliphatic hydroxyl groups excluding tert-OH is 1. The molecule has 0 spiro atoms. The molecule has 0 rings (SSSR count). The predicted molar refractivity (Wildman–Crippen MR) is 59.6 cm³/mol. The number of halogens is 5. The molecule has 110 valence electrons. The molecule has 0 aliphatic rings. The van der Waals surface area contributed by atoms with Crippen molar-refractivity contribution in [1.29, 1.82) is 0 Å². The molecular formula is C12H21F5O. The van der Waals surface area contributed by atoms with E-state index in [1.807, 2.05) is 0 Å². The van der Waals surface area contributed by atoms with Gasteiger partial charge in [0.2, 0.25) is 0 Å². The van der Waals surface area contributed by atoms with Gasteiger partial charge in [-0.3, -0.25) is 0 Å². The summed E-state index contributed by atoms with van der Waals surface area (Å²) < 4.78 is 60.9. The molecular weight excluding hydrogens is 255 g/mol. The van der Waals surface area contributed by atoms with E-state index in [0.717, 1.165) is 32.1 Å². The molecule has 0 saturated heterocycles. The van der Waals surface area contributed by atoms with Gasteiger partial charge in [0.1, 0.15) is 6.10 Å². The average molecular weight is 276 g/mol. The SMILES string of the molecule is CCCCCCCCC[C@H](O)C(F)(F)C(F)(F)F. The Hall–Kier alpha value is -0.390. The molecule has 0 bridgehead atoms. The molecule has 1 N–H and O–H groups in total. The summed E-state index contributed by atoms with van der Waals surface area (Å²) in [5, 5.41) is 8.88. The molecule has 0 unspecified atom stereocenters. The van der Waals surface area contributed by atoms with Gasteiger partial charge in [-0.2, -0.15) is 22.0 Å². The first-order valence-electron chi connectivity index (χ1n) is 6.36. The van der Waals surface area contributed by atoms with E-state index in [-0.39, 0.29) is 6.42 Å². The number of unbranched alkanes of at least 4 members (excludes halogenated alkanes) is 6. The van der Waals surface area contributed by atoms with Crippen LogP contribution in [0.5, 0.6) is 0 Å². The van der Waals surface area contributed by atoms with Crippen molar-refractivity contribution in [2.24, 2.45) is 0 Å². The number of hydrogen-bond donors (Lipinski definition) is 1. The first-order valence-corrected chi connectivity index (χ1v) is 6.36. The quantitative estimate of drug-likeness (QED) is 0.478. The lowest BCUT2D eigenvalue weighted by molar-refractivity contribution is -0.313. The highest BCUT2D eigenvalue weighted by Gasteiger charge is 2.61. The third kappa shape index (κ3) is 5.98. The summed E-state index contributed by atoms with van der Waals surface area (Å²) >= 11 is 0. The highest BCUT2D eigenvalue weighted by molar-refractivity contribution is 4.83. The molecule has 6 heteroatoms. The second-order valence-corrected chi connectivity index (χ2v) is 4.55. The Morgan fingerprint density at radius 3 is 1.72 bits per heavy atom. The summed E-state index contributed by atoms with van der Waals surface area (Å²) in [6.07, 6.45) is -3.03. The van der Waals surface area contributed by atoms with E-state index in [4.69, 9.17) is 5.11 Å². The Balaban J connectivity index is 3.74. The molecule has 0 heterocycles. The molecule has 0 aromatic carbocycles. The van der Waals surface area contributed by atoms with Crippen LogP contribution in [0.15, 0.2) is 0 Å². The Morgan fingerprint density at radius 1 is 0.833 bits per heavy atom. The van der Waals surface area contributed by atoms with Crippen LogP contribution in [-0.4, -0.2) is 23.3 Å². The maximum absolute atomic E-state index is 12.6. The number of aliphatic hydroxyl groups is 1. The summed E-state index contributed by atoms with van der Waals surface area (Å²) in [5.41, 5.74) is 0. The number of rotatable bonds is 9. The number of hydrogen-bond acceptors (Lipinski definition) is 1. The Kier molecular flexibility index (Phi) is 7.75. The molecule has 18 heavy (non-hydrogen) atoms. The van der Waals surface area contributed by atoms with E-state index in [0.29, 0.717) is 6.42 Å². The topological polar surface area (TPSA) is 20.2 Å². The Morgan fingerprint density at radius 2 is 1.28 bits per heavy atom. The van der Waals surface area contributed by atoms with Crippen LogP contribution in [-0.2, 0) is 0 Å². The van der Waals surface area contributed by atoms with E-state index in [1.54, 1.807) is 0 Å². The van der Waals surface area contributed by atoms with Crippen molar-refractivity contribution in [1.82, 2.24) is 0 Å². The lowest BCUT2D eigenvalue weighted by Crippen LogP contribution is -2.46. The highest BCUT2D eigenvalue weighted by atomic mass is 19.4. The molecule has 0 aromatic rings. The van der Waals surface area contributed by atoms with Crippen LogP contribution in [0.3, 0.4) is 0 Å². The maximum atomic E-state index is 12.6. The molecule has 0 saturated carbocycles. The van der Waals surface area contributed by atoms with Crippen molar-refractivity contribution in [2.75, 3.05) is 0 Å². The van der Waals surface area contributed by atoms with Gasteiger partial charge in [-0.05, 0) is 6.42 Å². The van der Waals surface area contributed by atoms with Gasteiger partial charge in [-0.1, -0.05) is 51.9 Å². The molecule has 0 fully saturated rings. The smallest absolute Gasteiger partial charge is 0.386 e. The van der Waals surface area contributed by atoms with Gasteiger partial charge in [0.25, 0.3) is 0 Å². The van der Waals surface area contributed by atoms with E-state index in [2.05, 4.69) is 6.92 Å². The van der Waals surface area contributed by atoms with Crippen LogP contribution in [0.2, 0.25) is 0 Å². The molecule has 1 nitrogen and oxygen atoms in total. The van der Waals surface area contributed by atoms with Gasteiger partial charge >= 0.3 is 12.1 Å². The van der Waals surface area contributed by atoms with Gasteiger partial charge in [-0.15, -0.1) is 0 Å². The standard InChI is InChI=1S/C12H21F5O/c1-2-3-4-5-6-7-8-9-10(18)11(13,14)12(15,16)17/h10,18H,2-9H2,1H3/t10-/m0/s1. The van der Waals surface area contributed by atoms with E-state index in [9.17, 15) is 22.0 Å². The third-order valence-corrected chi connectivity index (χ3v) is 2.88. The Bertz CT molecular complexity index is 215. The fraction of sp³-hybridized carbons (Fsp3) is 1.00. The van der Waals surface area contributed by atoms with Gasteiger partial charge in [-0.25, -0.2) is 0 Å². The maximum Gasteiger partial charge on any atom is 0.456 e. The predicted octanol–water partition coefficient (Wildman–Crippen LogP) is 4.69. The molecule has 0 aliphatic heterocycles. The highest BCUT2D eigenvalue weighted by Crippen LogP contribution is 2.39. The van der Waals surface area contributed by atoms with Crippen molar-refractivity contribution in [3.63, 3.8) is 0 Å². The van der Waals surface area contributed by atoms with E-state index < -0.39 is 24.6 Å². The second kappa shape index (κ2) is 7.92. The number of alkyl halides is 5. The summed E-state index contributed by atoms with van der Waals surface area (Å²) in [5.74, 6) is -5.00. The first kappa shape index (κ1) is 17.6. The van der Waals surface area contributed by atoms with Crippen LogP contribution in [0.4, 0.5) is 22.0 Å². The first-order chi connectivity index (χ1) is 8.23. The second-order valence-electron chi connectivity index (χ2n) is 4.55. The van der Waals surface area contributed by atoms with Crippen LogP contribution in [0, 0.1) is 0 Å². The molecule has 0 radical (unpaired) electrons. The zero-order valence-electron chi connectivity index (χ0n) is 10.6. The van der Waals surface area contributed by atoms with E-state index in [1.165, 1.54) is 0 Å². The summed E-state index contributed by atoms with van der Waals surface area (Å²) in [6, 6.07) is 0. The van der Waals surface area contributed by atoms with Gasteiger partial charge in [0.15, 0.2) is 0 Å². The fourth-order valence-electron chi connectivity index (χ4n) is 1.66. The van der Waals surface area contributed by atoms with Crippen LogP contribution >= 0.6 is 0 Å². The van der Waals surface area contributed by atoms with Crippen LogP contribution < -0.4 is 0 Å². The molecule has 0 aliphatic carbocycles. The van der Waals surface area contributed by atoms with Crippen LogP contribution in [0.25, 0.3) is 0 Å². The lowest BCUT2D eigenvalue weighted by Gasteiger charge is -2.24. The van der Waals surface area contributed by atoms with Crippen molar-refractivity contribution in [3.05, 3.63) is 0 Å². The van der Waals surface area contributed by atoms with Gasteiger partial charge in [0, 0.05) is 0 Å².